The summed E-state index contributed by atoms with van der Waals surface area (Å²) >= 11 is 3.35. The SMILES string of the molecule is CN(C)C(=NC1(c2cc(Br)ccc2F)COCCC1C=O)NC(=O)OC(C)(C)C. The van der Waals surface area contributed by atoms with Crippen molar-refractivity contribution in [3.63, 3.8) is 0 Å². The lowest BCUT2D eigenvalue weighted by atomic mass is 9.76. The van der Waals surface area contributed by atoms with Gasteiger partial charge in [0.05, 0.1) is 6.61 Å². The molecule has 1 fully saturated rings. The first-order chi connectivity index (χ1) is 13.5. The van der Waals surface area contributed by atoms with Crippen molar-refractivity contribution in [3.8, 4) is 0 Å². The van der Waals surface area contributed by atoms with E-state index in [4.69, 9.17) is 9.47 Å². The molecule has 0 saturated carbocycles. The summed E-state index contributed by atoms with van der Waals surface area (Å²) < 4.78 is 26.4. The maximum Gasteiger partial charge on any atom is 0.414 e. The van der Waals surface area contributed by atoms with Crippen LogP contribution in [0.4, 0.5) is 9.18 Å². The molecule has 1 aromatic carbocycles. The Kier molecular flexibility index (Phi) is 7.40. The number of aldehydes is 1. The Balaban J connectivity index is 2.58. The molecular weight excluding hydrogens is 445 g/mol. The van der Waals surface area contributed by atoms with Crippen LogP contribution in [0.3, 0.4) is 0 Å². The van der Waals surface area contributed by atoms with Gasteiger partial charge in [0.2, 0.25) is 5.96 Å². The molecule has 0 bridgehead atoms. The first kappa shape index (κ1) is 23.3. The molecule has 2 atom stereocenters. The van der Waals surface area contributed by atoms with Crippen LogP contribution in [0.2, 0.25) is 0 Å². The topological polar surface area (TPSA) is 80.2 Å². The van der Waals surface area contributed by atoms with E-state index in [1.807, 2.05) is 0 Å². The van der Waals surface area contributed by atoms with Crippen molar-refractivity contribution in [2.24, 2.45) is 10.9 Å². The highest BCUT2D eigenvalue weighted by Gasteiger charge is 2.46. The molecule has 1 saturated heterocycles. The van der Waals surface area contributed by atoms with Crippen molar-refractivity contribution in [2.75, 3.05) is 27.3 Å². The molecule has 9 heteroatoms. The van der Waals surface area contributed by atoms with Gasteiger partial charge in [-0.3, -0.25) is 5.32 Å². The molecule has 1 amide bonds. The van der Waals surface area contributed by atoms with Crippen LogP contribution in [0.5, 0.6) is 0 Å². The number of benzene rings is 1. The highest BCUT2D eigenvalue weighted by atomic mass is 79.9. The maximum atomic E-state index is 14.9. The van der Waals surface area contributed by atoms with Crippen LogP contribution in [-0.4, -0.2) is 56.1 Å². The van der Waals surface area contributed by atoms with Gasteiger partial charge in [0.1, 0.15) is 23.2 Å². The molecule has 7 nitrogen and oxygen atoms in total. The first-order valence-corrected chi connectivity index (χ1v) is 10.0. The van der Waals surface area contributed by atoms with Crippen LogP contribution in [-0.2, 0) is 19.8 Å². The van der Waals surface area contributed by atoms with Crippen LogP contribution in [0.15, 0.2) is 27.7 Å². The molecular formula is C20H27BrFN3O4. The number of alkyl carbamates (subject to hydrolysis) is 1. The van der Waals surface area contributed by atoms with Gasteiger partial charge in [0.25, 0.3) is 0 Å². The number of hydrogen-bond donors (Lipinski definition) is 1. The van der Waals surface area contributed by atoms with Crippen LogP contribution < -0.4 is 5.32 Å². The van der Waals surface area contributed by atoms with E-state index in [2.05, 4.69) is 26.2 Å². The first-order valence-electron chi connectivity index (χ1n) is 9.24. The van der Waals surface area contributed by atoms with E-state index in [0.29, 0.717) is 17.5 Å². The lowest BCUT2D eigenvalue weighted by Crippen LogP contribution is -2.49. The van der Waals surface area contributed by atoms with Gasteiger partial charge in [0.15, 0.2) is 0 Å². The van der Waals surface area contributed by atoms with E-state index >= 15 is 0 Å². The van der Waals surface area contributed by atoms with E-state index < -0.39 is 29.0 Å². The number of rotatable bonds is 3. The van der Waals surface area contributed by atoms with Crippen LogP contribution in [0.25, 0.3) is 0 Å². The van der Waals surface area contributed by atoms with E-state index in [0.717, 1.165) is 6.29 Å². The van der Waals surface area contributed by atoms with Crippen molar-refractivity contribution < 1.29 is 23.5 Å². The Morgan fingerprint density at radius 3 is 2.72 bits per heavy atom. The van der Waals surface area contributed by atoms with Crippen LogP contribution in [0, 0.1) is 11.7 Å². The van der Waals surface area contributed by atoms with Crippen molar-refractivity contribution in [1.82, 2.24) is 10.2 Å². The second kappa shape index (κ2) is 9.21. The molecule has 1 heterocycles. The number of hydrogen-bond acceptors (Lipinski definition) is 5. The van der Waals surface area contributed by atoms with Crippen molar-refractivity contribution >= 4 is 34.3 Å². The molecule has 1 aliphatic rings. The minimum absolute atomic E-state index is 0.00286. The average Bonchev–Trinajstić information content (AvgIpc) is 2.61. The van der Waals surface area contributed by atoms with Gasteiger partial charge < -0.3 is 19.2 Å². The standard InChI is InChI=1S/C20H27BrFN3O4/c1-19(2,3)29-18(27)23-17(25(4)5)24-20(12-28-9-8-13(20)11-26)15-10-14(21)6-7-16(15)22/h6-7,10-11,13H,8-9,12H2,1-5H3,(H,23,24,27). The quantitative estimate of drug-likeness (QED) is 0.414. The highest BCUT2D eigenvalue weighted by molar-refractivity contribution is 9.10. The summed E-state index contributed by atoms with van der Waals surface area (Å²) in [4.78, 5) is 30.5. The molecule has 1 N–H and O–H groups in total. The number of amides is 1. The fourth-order valence-electron chi connectivity index (χ4n) is 3.07. The third-order valence-corrected chi connectivity index (χ3v) is 4.90. The second-order valence-electron chi connectivity index (χ2n) is 8.09. The van der Waals surface area contributed by atoms with Crippen molar-refractivity contribution in [1.29, 1.82) is 0 Å². The van der Waals surface area contributed by atoms with Gasteiger partial charge in [-0.25, -0.2) is 14.2 Å². The third-order valence-electron chi connectivity index (χ3n) is 4.41. The molecule has 2 rings (SSSR count). The number of nitrogens with one attached hydrogen (secondary N) is 1. The number of carbonyl (C=O) groups is 2. The van der Waals surface area contributed by atoms with E-state index in [1.54, 1.807) is 51.9 Å². The summed E-state index contributed by atoms with van der Waals surface area (Å²) in [6, 6.07) is 4.47. The monoisotopic (exact) mass is 471 g/mol. The smallest absolute Gasteiger partial charge is 0.414 e. The Morgan fingerprint density at radius 1 is 1.45 bits per heavy atom. The van der Waals surface area contributed by atoms with Crippen LogP contribution >= 0.6 is 15.9 Å². The third kappa shape index (κ3) is 5.76. The molecule has 160 valence electrons. The zero-order valence-corrected chi connectivity index (χ0v) is 18.9. The molecule has 0 aliphatic carbocycles. The number of halogens is 2. The summed E-state index contributed by atoms with van der Waals surface area (Å²) in [7, 11) is 3.36. The minimum atomic E-state index is -1.33. The predicted molar refractivity (Wildman–Crippen MR) is 111 cm³/mol. The summed E-state index contributed by atoms with van der Waals surface area (Å²) in [6.07, 6.45) is 0.452. The van der Waals surface area contributed by atoms with E-state index in [-0.39, 0.29) is 18.1 Å². The van der Waals surface area contributed by atoms with Crippen molar-refractivity contribution in [3.05, 3.63) is 34.1 Å². The van der Waals surface area contributed by atoms with Gasteiger partial charge in [-0.15, -0.1) is 0 Å². The van der Waals surface area contributed by atoms with Gasteiger partial charge in [0, 0.05) is 36.7 Å². The van der Waals surface area contributed by atoms with Gasteiger partial charge in [-0.2, -0.15) is 0 Å². The van der Waals surface area contributed by atoms with E-state index in [1.165, 1.54) is 6.07 Å². The van der Waals surface area contributed by atoms with Gasteiger partial charge >= 0.3 is 6.09 Å². The summed E-state index contributed by atoms with van der Waals surface area (Å²) in [5.41, 5.74) is -1.81. The lowest BCUT2D eigenvalue weighted by molar-refractivity contribution is -0.118. The molecule has 1 aliphatic heterocycles. The Hall–Kier alpha value is -2.00. The fourth-order valence-corrected chi connectivity index (χ4v) is 3.43. The number of carbonyl (C=O) groups excluding carboxylic acids is 2. The lowest BCUT2D eigenvalue weighted by Gasteiger charge is -2.40. The Labute approximate surface area is 178 Å². The summed E-state index contributed by atoms with van der Waals surface area (Å²) in [5, 5.41) is 2.60. The highest BCUT2D eigenvalue weighted by Crippen LogP contribution is 2.41. The van der Waals surface area contributed by atoms with Crippen molar-refractivity contribution in [2.45, 2.75) is 38.3 Å². The Bertz CT molecular complexity index is 794. The van der Waals surface area contributed by atoms with E-state index in [9.17, 15) is 14.0 Å². The van der Waals surface area contributed by atoms with Gasteiger partial charge in [-0.05, 0) is 45.4 Å². The molecule has 1 aromatic rings. The van der Waals surface area contributed by atoms with Crippen LogP contribution in [0.1, 0.15) is 32.8 Å². The molecule has 2 unspecified atom stereocenters. The molecule has 0 spiro atoms. The predicted octanol–water partition coefficient (Wildman–Crippen LogP) is 3.46. The second-order valence-corrected chi connectivity index (χ2v) is 9.00. The minimum Gasteiger partial charge on any atom is -0.444 e. The number of nitrogens with zero attached hydrogens (tertiary/aromatic N) is 2. The zero-order chi connectivity index (χ0) is 21.8. The number of ether oxygens (including phenoxy) is 2. The molecule has 29 heavy (non-hydrogen) atoms. The van der Waals surface area contributed by atoms with Gasteiger partial charge in [-0.1, -0.05) is 15.9 Å². The molecule has 0 aromatic heterocycles. The summed E-state index contributed by atoms with van der Waals surface area (Å²) in [5.74, 6) is -1.00. The fraction of sp³-hybridized carbons (Fsp3) is 0.550. The normalized spacial score (nSPS) is 22.7. The molecule has 0 radical (unpaired) electrons. The largest absolute Gasteiger partial charge is 0.444 e. The zero-order valence-electron chi connectivity index (χ0n) is 17.3. The Morgan fingerprint density at radius 2 is 2.14 bits per heavy atom. The number of aliphatic imine (C=N–C) groups is 1. The summed E-state index contributed by atoms with van der Waals surface area (Å²) in [6.45, 7) is 5.60. The number of guanidine groups is 1. The average molecular weight is 472 g/mol. The maximum absolute atomic E-state index is 14.9.